The number of quaternary nitrogens is 1. The molecule has 0 aliphatic rings. The first-order valence-corrected chi connectivity index (χ1v) is 20.5. The number of hydrogen-bond donors (Lipinski definition) is 2. The summed E-state index contributed by atoms with van der Waals surface area (Å²) in [5.74, 6) is -0.177. The molecule has 1 amide bonds. The Labute approximate surface area is 284 Å². The predicted molar refractivity (Wildman–Crippen MR) is 192 cm³/mol. The first kappa shape index (κ1) is 45.2. The monoisotopic (exact) mass is 675 g/mol. The Kier molecular flexibility index (Phi) is 29.8. The fourth-order valence-electron chi connectivity index (χ4n) is 5.38. The fourth-order valence-corrected chi connectivity index (χ4v) is 6.11. The SMILES string of the molecule is CCCCCCCC/C=C/CCCCCCCC(=O)N[C@@H](COP(=O)([O-])OCC[N+](C)(C)C)[C@H](O)CCCCCCCCCCC. The Morgan fingerprint density at radius 1 is 0.739 bits per heavy atom. The summed E-state index contributed by atoms with van der Waals surface area (Å²) in [5, 5.41) is 13.8. The van der Waals surface area contributed by atoms with E-state index in [1.807, 2.05) is 21.1 Å². The van der Waals surface area contributed by atoms with Crippen molar-refractivity contribution in [3.8, 4) is 0 Å². The van der Waals surface area contributed by atoms with Gasteiger partial charge in [0.05, 0.1) is 39.9 Å². The molecule has 0 spiro atoms. The lowest BCUT2D eigenvalue weighted by molar-refractivity contribution is -0.870. The minimum absolute atomic E-state index is 0.0117. The van der Waals surface area contributed by atoms with Gasteiger partial charge in [0.15, 0.2) is 0 Å². The molecule has 0 aliphatic carbocycles. The number of aliphatic hydroxyl groups excluding tert-OH is 1. The van der Waals surface area contributed by atoms with Crippen LogP contribution in [0.3, 0.4) is 0 Å². The number of hydrogen-bond acceptors (Lipinski definition) is 6. The van der Waals surface area contributed by atoms with Crippen LogP contribution in [0.4, 0.5) is 0 Å². The number of allylic oxidation sites excluding steroid dienone is 2. The third-order valence-corrected chi connectivity index (χ3v) is 9.47. The summed E-state index contributed by atoms with van der Waals surface area (Å²) in [5.41, 5.74) is 0. The van der Waals surface area contributed by atoms with Crippen molar-refractivity contribution in [2.24, 2.45) is 0 Å². The summed E-state index contributed by atoms with van der Waals surface area (Å²) in [7, 11) is 1.30. The van der Waals surface area contributed by atoms with Crippen LogP contribution in [-0.4, -0.2) is 68.5 Å². The molecule has 0 aromatic rings. The van der Waals surface area contributed by atoms with E-state index in [9.17, 15) is 19.4 Å². The number of nitrogens with zero attached hydrogens (tertiary/aromatic N) is 1. The summed E-state index contributed by atoms with van der Waals surface area (Å²) < 4.78 is 23.1. The van der Waals surface area contributed by atoms with Crippen molar-refractivity contribution >= 4 is 13.7 Å². The molecule has 0 radical (unpaired) electrons. The molecule has 1 unspecified atom stereocenters. The van der Waals surface area contributed by atoms with Gasteiger partial charge in [0, 0.05) is 6.42 Å². The van der Waals surface area contributed by atoms with Crippen molar-refractivity contribution in [1.29, 1.82) is 0 Å². The quantitative estimate of drug-likeness (QED) is 0.0305. The van der Waals surface area contributed by atoms with Crippen LogP contribution in [0.1, 0.15) is 168 Å². The Bertz CT molecular complexity index is 773. The van der Waals surface area contributed by atoms with Crippen LogP contribution >= 0.6 is 7.82 Å². The maximum Gasteiger partial charge on any atom is 0.268 e. The molecule has 0 saturated carbocycles. The molecule has 0 rings (SSSR count). The van der Waals surface area contributed by atoms with Crippen molar-refractivity contribution in [2.75, 3.05) is 40.9 Å². The van der Waals surface area contributed by atoms with Gasteiger partial charge in [0.1, 0.15) is 13.2 Å². The third-order valence-electron chi connectivity index (χ3n) is 8.50. The maximum absolute atomic E-state index is 12.8. The van der Waals surface area contributed by atoms with Gasteiger partial charge in [-0.1, -0.05) is 135 Å². The standard InChI is InChI=1S/C37H75N2O6P/c1-6-8-10-12-14-16-17-18-19-20-21-23-25-27-29-31-37(41)38-35(34-45-46(42,43)44-33-32-39(3,4)5)36(40)30-28-26-24-22-15-13-11-9-7-2/h18-19,35-36,40H,6-17,20-34H2,1-5H3,(H-,38,41,42,43)/b19-18+/t35-,36+/m0/s1. The van der Waals surface area contributed by atoms with Crippen LogP contribution in [0.25, 0.3) is 0 Å². The number of phosphoric ester groups is 1. The van der Waals surface area contributed by atoms with Crippen LogP contribution in [0.15, 0.2) is 12.2 Å². The lowest BCUT2D eigenvalue weighted by atomic mass is 10.0. The second-order valence-electron chi connectivity index (χ2n) is 14.3. The topological polar surface area (TPSA) is 108 Å². The molecule has 0 fully saturated rings. The summed E-state index contributed by atoms with van der Waals surface area (Å²) in [6.07, 6.45) is 30.7. The van der Waals surface area contributed by atoms with Crippen molar-refractivity contribution in [3.63, 3.8) is 0 Å². The minimum atomic E-state index is -4.55. The summed E-state index contributed by atoms with van der Waals surface area (Å²) >= 11 is 0. The van der Waals surface area contributed by atoms with Crippen molar-refractivity contribution in [1.82, 2.24) is 5.32 Å². The molecule has 9 heteroatoms. The van der Waals surface area contributed by atoms with E-state index in [-0.39, 0.29) is 19.1 Å². The molecule has 46 heavy (non-hydrogen) atoms. The van der Waals surface area contributed by atoms with E-state index in [1.165, 1.54) is 89.9 Å². The Morgan fingerprint density at radius 2 is 1.20 bits per heavy atom. The third kappa shape index (κ3) is 31.8. The number of nitrogens with one attached hydrogen (secondary N) is 1. The smallest absolute Gasteiger partial charge is 0.268 e. The van der Waals surface area contributed by atoms with Gasteiger partial charge in [-0.15, -0.1) is 0 Å². The molecule has 274 valence electrons. The van der Waals surface area contributed by atoms with Crippen LogP contribution in [-0.2, 0) is 18.4 Å². The molecule has 0 saturated heterocycles. The normalized spacial score (nSPS) is 14.8. The molecule has 0 aromatic carbocycles. The van der Waals surface area contributed by atoms with Gasteiger partial charge in [0.25, 0.3) is 7.82 Å². The number of rotatable bonds is 34. The van der Waals surface area contributed by atoms with Gasteiger partial charge in [-0.2, -0.15) is 0 Å². The lowest BCUT2D eigenvalue weighted by Crippen LogP contribution is -2.46. The number of aliphatic hydroxyl groups is 1. The van der Waals surface area contributed by atoms with Gasteiger partial charge in [0.2, 0.25) is 5.91 Å². The highest BCUT2D eigenvalue weighted by molar-refractivity contribution is 7.45. The van der Waals surface area contributed by atoms with Crippen LogP contribution in [0.5, 0.6) is 0 Å². The largest absolute Gasteiger partial charge is 0.756 e. The summed E-state index contributed by atoms with van der Waals surface area (Å²) in [6, 6.07) is -0.797. The predicted octanol–water partition coefficient (Wildman–Crippen LogP) is 9.00. The molecule has 2 N–H and O–H groups in total. The van der Waals surface area contributed by atoms with Crippen LogP contribution in [0, 0.1) is 0 Å². The molecule has 0 bridgehead atoms. The van der Waals surface area contributed by atoms with Gasteiger partial charge in [-0.3, -0.25) is 9.36 Å². The van der Waals surface area contributed by atoms with E-state index in [0.29, 0.717) is 23.9 Å². The Morgan fingerprint density at radius 3 is 1.70 bits per heavy atom. The lowest BCUT2D eigenvalue weighted by Gasteiger charge is -2.30. The zero-order chi connectivity index (χ0) is 34.4. The van der Waals surface area contributed by atoms with Crippen LogP contribution in [0.2, 0.25) is 0 Å². The van der Waals surface area contributed by atoms with E-state index in [2.05, 4.69) is 31.3 Å². The number of carbonyl (C=O) groups excluding carboxylic acids is 1. The Hall–Kier alpha value is -0.760. The zero-order valence-corrected chi connectivity index (χ0v) is 31.7. The molecular formula is C37H75N2O6P. The van der Waals surface area contributed by atoms with Gasteiger partial charge < -0.3 is 28.8 Å². The highest BCUT2D eigenvalue weighted by Gasteiger charge is 2.24. The van der Waals surface area contributed by atoms with Gasteiger partial charge in [-0.25, -0.2) is 0 Å². The first-order chi connectivity index (χ1) is 22.0. The summed E-state index contributed by atoms with van der Waals surface area (Å²) in [4.78, 5) is 25.1. The van der Waals surface area contributed by atoms with Crippen molar-refractivity contribution in [3.05, 3.63) is 12.2 Å². The van der Waals surface area contributed by atoms with E-state index in [0.717, 1.165) is 51.4 Å². The van der Waals surface area contributed by atoms with E-state index in [1.54, 1.807) is 0 Å². The molecule has 0 aromatic heterocycles. The number of likely N-dealkylation sites (N-methyl/N-ethyl adjacent to an activating group) is 1. The maximum atomic E-state index is 12.8. The van der Waals surface area contributed by atoms with Crippen molar-refractivity contribution in [2.45, 2.75) is 180 Å². The highest BCUT2D eigenvalue weighted by atomic mass is 31.2. The molecular weight excluding hydrogens is 599 g/mol. The zero-order valence-electron chi connectivity index (χ0n) is 30.8. The summed E-state index contributed by atoms with van der Waals surface area (Å²) in [6.45, 7) is 4.66. The molecule has 8 nitrogen and oxygen atoms in total. The van der Waals surface area contributed by atoms with Crippen molar-refractivity contribution < 1.29 is 32.9 Å². The second kappa shape index (κ2) is 30.3. The van der Waals surface area contributed by atoms with E-state index >= 15 is 0 Å². The average Bonchev–Trinajstić information content (AvgIpc) is 2.99. The highest BCUT2D eigenvalue weighted by Crippen LogP contribution is 2.38. The van der Waals surface area contributed by atoms with Gasteiger partial charge in [-0.05, 0) is 38.5 Å². The molecule has 3 atom stereocenters. The molecule has 0 heterocycles. The number of phosphoric acid groups is 1. The van der Waals surface area contributed by atoms with E-state index in [4.69, 9.17) is 9.05 Å². The number of carbonyl (C=O) groups is 1. The Balaban J connectivity index is 4.43. The van der Waals surface area contributed by atoms with Gasteiger partial charge >= 0.3 is 0 Å². The number of unbranched alkanes of at least 4 members (excludes halogenated alkanes) is 19. The van der Waals surface area contributed by atoms with E-state index < -0.39 is 20.0 Å². The minimum Gasteiger partial charge on any atom is -0.756 e. The first-order valence-electron chi connectivity index (χ1n) is 19.0. The molecule has 0 aliphatic heterocycles. The average molecular weight is 675 g/mol. The second-order valence-corrected chi connectivity index (χ2v) is 15.7. The fraction of sp³-hybridized carbons (Fsp3) is 0.919. The van der Waals surface area contributed by atoms with Crippen LogP contribution < -0.4 is 10.2 Å². The number of amides is 1.